The summed E-state index contributed by atoms with van der Waals surface area (Å²) < 4.78 is 0. The van der Waals surface area contributed by atoms with E-state index in [1.54, 1.807) is 31.3 Å². The van der Waals surface area contributed by atoms with Gasteiger partial charge < -0.3 is 15.5 Å². The second kappa shape index (κ2) is 6.86. The van der Waals surface area contributed by atoms with E-state index in [-0.39, 0.29) is 19.0 Å². The zero-order chi connectivity index (χ0) is 14.4. The Hall–Kier alpha value is -1.92. The Morgan fingerprint density at radius 3 is 2.37 bits per heavy atom. The van der Waals surface area contributed by atoms with Crippen LogP contribution in [0.15, 0.2) is 24.3 Å². The average molecular weight is 266 g/mol. The standard InChI is InChI=1S/C13H18N2O4/c1-9(16)14-11-5-3-10(4-6-11)12(17)7-15(2)8-13(18)19/h3-6,12,17H,7-8H2,1-2H3,(H,14,16)(H,18,19). The number of anilines is 1. The quantitative estimate of drug-likeness (QED) is 0.705. The van der Waals surface area contributed by atoms with E-state index < -0.39 is 12.1 Å². The lowest BCUT2D eigenvalue weighted by molar-refractivity contribution is -0.138. The van der Waals surface area contributed by atoms with Crippen molar-refractivity contribution in [2.24, 2.45) is 0 Å². The van der Waals surface area contributed by atoms with Gasteiger partial charge >= 0.3 is 5.97 Å². The minimum Gasteiger partial charge on any atom is -0.480 e. The van der Waals surface area contributed by atoms with Crippen molar-refractivity contribution < 1.29 is 19.8 Å². The molecule has 1 aromatic rings. The summed E-state index contributed by atoms with van der Waals surface area (Å²) in [6.07, 6.45) is -0.768. The van der Waals surface area contributed by atoms with Gasteiger partial charge in [-0.1, -0.05) is 12.1 Å². The van der Waals surface area contributed by atoms with Gasteiger partial charge in [-0.2, -0.15) is 0 Å². The number of nitrogens with one attached hydrogen (secondary N) is 1. The maximum atomic E-state index is 10.9. The molecule has 1 atom stereocenters. The molecule has 6 nitrogen and oxygen atoms in total. The van der Waals surface area contributed by atoms with Crippen molar-refractivity contribution in [1.82, 2.24) is 4.90 Å². The van der Waals surface area contributed by atoms with Gasteiger partial charge in [-0.15, -0.1) is 0 Å². The summed E-state index contributed by atoms with van der Waals surface area (Å²) in [5.41, 5.74) is 1.33. The number of carbonyl (C=O) groups is 2. The summed E-state index contributed by atoms with van der Waals surface area (Å²) in [5, 5.41) is 21.2. The Labute approximate surface area is 111 Å². The number of aliphatic hydroxyl groups is 1. The number of amides is 1. The molecule has 0 radical (unpaired) electrons. The lowest BCUT2D eigenvalue weighted by atomic mass is 10.1. The largest absolute Gasteiger partial charge is 0.480 e. The van der Waals surface area contributed by atoms with Crippen LogP contribution in [0.2, 0.25) is 0 Å². The molecule has 0 bridgehead atoms. The second-order valence-corrected chi connectivity index (χ2v) is 4.41. The summed E-state index contributed by atoms with van der Waals surface area (Å²) in [6, 6.07) is 6.78. The van der Waals surface area contributed by atoms with Gasteiger partial charge in [0.25, 0.3) is 0 Å². The van der Waals surface area contributed by atoms with Crippen molar-refractivity contribution in [3.05, 3.63) is 29.8 Å². The molecule has 0 aromatic heterocycles. The van der Waals surface area contributed by atoms with Gasteiger partial charge in [0, 0.05) is 19.2 Å². The van der Waals surface area contributed by atoms with Crippen LogP contribution >= 0.6 is 0 Å². The number of nitrogens with zero attached hydrogens (tertiary/aromatic N) is 1. The lowest BCUT2D eigenvalue weighted by Crippen LogP contribution is -2.29. The van der Waals surface area contributed by atoms with Gasteiger partial charge in [0.05, 0.1) is 12.6 Å². The van der Waals surface area contributed by atoms with Crippen LogP contribution in [0.25, 0.3) is 0 Å². The number of carboxylic acid groups (broad SMARTS) is 1. The first-order chi connectivity index (χ1) is 8.88. The molecule has 0 aliphatic heterocycles. The SMILES string of the molecule is CC(=O)Nc1ccc(C(O)CN(C)CC(=O)O)cc1. The van der Waals surface area contributed by atoms with Gasteiger partial charge in [-0.05, 0) is 24.7 Å². The third-order valence-electron chi connectivity index (χ3n) is 2.51. The van der Waals surface area contributed by atoms with Crippen molar-refractivity contribution in [3.63, 3.8) is 0 Å². The first-order valence-electron chi connectivity index (χ1n) is 5.84. The highest BCUT2D eigenvalue weighted by Crippen LogP contribution is 2.17. The highest BCUT2D eigenvalue weighted by atomic mass is 16.4. The lowest BCUT2D eigenvalue weighted by Gasteiger charge is -2.19. The van der Waals surface area contributed by atoms with Crippen molar-refractivity contribution in [2.45, 2.75) is 13.0 Å². The third kappa shape index (κ3) is 5.50. The highest BCUT2D eigenvalue weighted by Gasteiger charge is 2.12. The van der Waals surface area contributed by atoms with Crippen LogP contribution in [-0.2, 0) is 9.59 Å². The minimum absolute atomic E-state index is 0.124. The van der Waals surface area contributed by atoms with Gasteiger partial charge in [-0.25, -0.2) is 0 Å². The molecular formula is C13H18N2O4. The number of aliphatic carboxylic acids is 1. The van der Waals surface area contributed by atoms with Gasteiger partial charge in [0.2, 0.25) is 5.91 Å². The minimum atomic E-state index is -0.935. The van der Waals surface area contributed by atoms with Crippen molar-refractivity contribution in [3.8, 4) is 0 Å². The summed E-state index contributed by atoms with van der Waals surface area (Å²) in [6.45, 7) is 1.52. The Morgan fingerprint density at radius 2 is 1.89 bits per heavy atom. The van der Waals surface area contributed by atoms with Crippen molar-refractivity contribution in [2.75, 3.05) is 25.5 Å². The van der Waals surface area contributed by atoms with E-state index >= 15 is 0 Å². The molecule has 1 rings (SSSR count). The first kappa shape index (κ1) is 15.1. The molecule has 104 valence electrons. The molecule has 0 heterocycles. The number of aliphatic hydroxyl groups excluding tert-OH is 1. The molecule has 3 N–H and O–H groups in total. The smallest absolute Gasteiger partial charge is 0.317 e. The van der Waals surface area contributed by atoms with Crippen molar-refractivity contribution >= 4 is 17.6 Å². The number of carbonyl (C=O) groups excluding carboxylic acids is 1. The topological polar surface area (TPSA) is 89.9 Å². The van der Waals surface area contributed by atoms with Gasteiger partial charge in [-0.3, -0.25) is 14.5 Å². The third-order valence-corrected chi connectivity index (χ3v) is 2.51. The van der Waals surface area contributed by atoms with Gasteiger partial charge in [0.15, 0.2) is 0 Å². The number of carboxylic acids is 1. The van der Waals surface area contributed by atoms with E-state index in [4.69, 9.17) is 5.11 Å². The van der Waals surface area contributed by atoms with E-state index in [2.05, 4.69) is 5.32 Å². The molecule has 1 aromatic carbocycles. The molecule has 1 amide bonds. The van der Waals surface area contributed by atoms with Crippen LogP contribution in [0.5, 0.6) is 0 Å². The maximum absolute atomic E-state index is 10.9. The average Bonchev–Trinajstić information content (AvgIpc) is 2.27. The molecule has 0 saturated carbocycles. The van der Waals surface area contributed by atoms with E-state index in [0.29, 0.717) is 11.3 Å². The summed E-state index contributed by atoms with van der Waals surface area (Å²) in [5.74, 6) is -1.09. The van der Waals surface area contributed by atoms with Crippen LogP contribution < -0.4 is 5.32 Å². The molecule has 0 saturated heterocycles. The first-order valence-corrected chi connectivity index (χ1v) is 5.84. The second-order valence-electron chi connectivity index (χ2n) is 4.41. The number of hydrogen-bond acceptors (Lipinski definition) is 4. The van der Waals surface area contributed by atoms with Crippen LogP contribution in [0.1, 0.15) is 18.6 Å². The predicted molar refractivity (Wildman–Crippen MR) is 70.8 cm³/mol. The van der Waals surface area contributed by atoms with Crippen LogP contribution in [0, 0.1) is 0 Å². The molecule has 0 spiro atoms. The Balaban J connectivity index is 2.59. The van der Waals surface area contributed by atoms with Crippen LogP contribution in [0.4, 0.5) is 5.69 Å². The van der Waals surface area contributed by atoms with E-state index in [1.807, 2.05) is 0 Å². The molecule has 0 fully saturated rings. The number of rotatable bonds is 6. The normalized spacial score (nSPS) is 12.2. The van der Waals surface area contributed by atoms with E-state index in [9.17, 15) is 14.7 Å². The molecule has 19 heavy (non-hydrogen) atoms. The van der Waals surface area contributed by atoms with E-state index in [1.165, 1.54) is 11.8 Å². The fourth-order valence-corrected chi connectivity index (χ4v) is 1.69. The zero-order valence-electron chi connectivity index (χ0n) is 11.0. The molecule has 6 heteroatoms. The van der Waals surface area contributed by atoms with E-state index in [0.717, 1.165) is 0 Å². The van der Waals surface area contributed by atoms with Crippen molar-refractivity contribution in [1.29, 1.82) is 0 Å². The van der Waals surface area contributed by atoms with Crippen LogP contribution in [-0.4, -0.2) is 47.1 Å². The van der Waals surface area contributed by atoms with Gasteiger partial charge in [0.1, 0.15) is 0 Å². The predicted octanol–water partition coefficient (Wildman–Crippen LogP) is 0.695. The monoisotopic (exact) mass is 266 g/mol. The molecule has 0 aliphatic rings. The molecular weight excluding hydrogens is 248 g/mol. The number of benzene rings is 1. The number of hydrogen-bond donors (Lipinski definition) is 3. The summed E-state index contributed by atoms with van der Waals surface area (Å²) >= 11 is 0. The number of likely N-dealkylation sites (N-methyl/N-ethyl adjacent to an activating group) is 1. The Morgan fingerprint density at radius 1 is 1.32 bits per heavy atom. The summed E-state index contributed by atoms with van der Waals surface area (Å²) in [7, 11) is 1.63. The fraction of sp³-hybridized carbons (Fsp3) is 0.385. The molecule has 1 unspecified atom stereocenters. The zero-order valence-corrected chi connectivity index (χ0v) is 11.0. The Bertz CT molecular complexity index is 444. The van der Waals surface area contributed by atoms with Crippen LogP contribution in [0.3, 0.4) is 0 Å². The summed E-state index contributed by atoms with van der Waals surface area (Å²) in [4.78, 5) is 22.9. The maximum Gasteiger partial charge on any atom is 0.317 e. The highest BCUT2D eigenvalue weighted by molar-refractivity contribution is 5.88. The molecule has 0 aliphatic carbocycles. The Kier molecular flexibility index (Phi) is 5.47. The fourth-order valence-electron chi connectivity index (χ4n) is 1.69.